The molecule has 1 saturated heterocycles. The molecule has 0 radical (unpaired) electrons. The van der Waals surface area contributed by atoms with Gasteiger partial charge in [-0.25, -0.2) is 4.98 Å². The van der Waals surface area contributed by atoms with E-state index >= 15 is 0 Å². The summed E-state index contributed by atoms with van der Waals surface area (Å²) < 4.78 is 0. The number of hydrogen-bond acceptors (Lipinski definition) is 3. The minimum atomic E-state index is 0.106. The second kappa shape index (κ2) is 8.25. The minimum absolute atomic E-state index is 0.106. The van der Waals surface area contributed by atoms with E-state index in [1.165, 1.54) is 29.3 Å². The number of carbonyl (C=O) groups is 1. The Bertz CT molecular complexity index is 892. The summed E-state index contributed by atoms with van der Waals surface area (Å²) in [5.74, 6) is 0.914. The fourth-order valence-electron chi connectivity index (χ4n) is 3.74. The number of anilines is 1. The molecule has 2 aromatic heterocycles. The number of benzene rings is 1. The van der Waals surface area contributed by atoms with Crippen molar-refractivity contribution in [1.82, 2.24) is 14.9 Å². The molecule has 5 nitrogen and oxygen atoms in total. The third-order valence-corrected chi connectivity index (χ3v) is 5.28. The van der Waals surface area contributed by atoms with Gasteiger partial charge in [-0.3, -0.25) is 4.79 Å². The molecule has 140 valence electrons. The minimum Gasteiger partial charge on any atom is -0.370 e. The number of carbonyl (C=O) groups excluding carboxylic acids is 1. The normalized spacial score (nSPS) is 14.9. The predicted octanol–water partition coefficient (Wildman–Crippen LogP) is 4.23. The maximum Gasteiger partial charge on any atom is 0.255 e. The van der Waals surface area contributed by atoms with Crippen molar-refractivity contribution in [2.24, 2.45) is 0 Å². The summed E-state index contributed by atoms with van der Waals surface area (Å²) in [6.45, 7) is 2.53. The van der Waals surface area contributed by atoms with Gasteiger partial charge in [0.2, 0.25) is 0 Å². The first-order valence-corrected chi connectivity index (χ1v) is 9.85. The van der Waals surface area contributed by atoms with Gasteiger partial charge in [0.05, 0.1) is 5.56 Å². The molecule has 1 aromatic carbocycles. The zero-order chi connectivity index (χ0) is 18.5. The van der Waals surface area contributed by atoms with Crippen LogP contribution in [0.3, 0.4) is 0 Å². The Morgan fingerprint density at radius 3 is 2.67 bits per heavy atom. The number of aromatic amines is 1. The van der Waals surface area contributed by atoms with Crippen molar-refractivity contribution in [2.75, 3.05) is 25.0 Å². The molecule has 4 rings (SSSR count). The van der Waals surface area contributed by atoms with Crippen molar-refractivity contribution in [3.05, 3.63) is 59.9 Å². The largest absolute Gasteiger partial charge is 0.370 e. The third kappa shape index (κ3) is 4.13. The molecule has 0 atom stereocenters. The van der Waals surface area contributed by atoms with Crippen LogP contribution in [0.1, 0.15) is 41.6 Å². The van der Waals surface area contributed by atoms with E-state index in [1.807, 2.05) is 23.1 Å². The van der Waals surface area contributed by atoms with Gasteiger partial charge in [0.15, 0.2) is 0 Å². The molecule has 0 saturated carbocycles. The lowest BCUT2D eigenvalue weighted by atomic mass is 10.1. The van der Waals surface area contributed by atoms with Gasteiger partial charge in [0.1, 0.15) is 5.82 Å². The molecule has 2 N–H and O–H groups in total. The number of nitrogens with zero attached hydrogens (tertiary/aromatic N) is 2. The quantitative estimate of drug-likeness (QED) is 0.714. The SMILES string of the molecule is O=C(c1ccc(NCCc2c[nH]c3ccccc23)nc1)N1CCCCCC1. The van der Waals surface area contributed by atoms with Gasteiger partial charge < -0.3 is 15.2 Å². The topological polar surface area (TPSA) is 61.0 Å². The summed E-state index contributed by atoms with van der Waals surface area (Å²) in [6.07, 6.45) is 9.34. The number of para-hydroxylation sites is 1. The molecule has 1 fully saturated rings. The van der Waals surface area contributed by atoms with E-state index in [-0.39, 0.29) is 5.91 Å². The molecule has 27 heavy (non-hydrogen) atoms. The average molecular weight is 362 g/mol. The van der Waals surface area contributed by atoms with Crippen molar-refractivity contribution >= 4 is 22.6 Å². The van der Waals surface area contributed by atoms with E-state index in [2.05, 4.69) is 39.7 Å². The predicted molar refractivity (Wildman–Crippen MR) is 109 cm³/mol. The lowest BCUT2D eigenvalue weighted by Crippen LogP contribution is -2.31. The molecule has 0 unspecified atom stereocenters. The summed E-state index contributed by atoms with van der Waals surface area (Å²) in [4.78, 5) is 22.3. The van der Waals surface area contributed by atoms with Crippen LogP contribution < -0.4 is 5.32 Å². The number of rotatable bonds is 5. The summed E-state index contributed by atoms with van der Waals surface area (Å²) in [6, 6.07) is 12.1. The number of hydrogen-bond donors (Lipinski definition) is 2. The molecule has 3 aromatic rings. The van der Waals surface area contributed by atoms with Gasteiger partial charge in [0.25, 0.3) is 5.91 Å². The molecule has 0 spiro atoms. The number of nitrogens with one attached hydrogen (secondary N) is 2. The Balaban J connectivity index is 1.33. The lowest BCUT2D eigenvalue weighted by Gasteiger charge is -2.20. The van der Waals surface area contributed by atoms with E-state index < -0.39 is 0 Å². The first-order chi connectivity index (χ1) is 13.3. The highest BCUT2D eigenvalue weighted by atomic mass is 16.2. The monoisotopic (exact) mass is 362 g/mol. The molecule has 3 heterocycles. The Morgan fingerprint density at radius 1 is 1.07 bits per heavy atom. The van der Waals surface area contributed by atoms with Crippen LogP contribution in [0, 0.1) is 0 Å². The van der Waals surface area contributed by atoms with E-state index in [0.717, 1.165) is 44.7 Å². The molecule has 1 aliphatic rings. The van der Waals surface area contributed by atoms with Crippen molar-refractivity contribution in [3.63, 3.8) is 0 Å². The van der Waals surface area contributed by atoms with Gasteiger partial charge in [0, 0.05) is 42.9 Å². The summed E-state index contributed by atoms with van der Waals surface area (Å²) in [7, 11) is 0. The van der Waals surface area contributed by atoms with Crippen LogP contribution in [0.15, 0.2) is 48.8 Å². The lowest BCUT2D eigenvalue weighted by molar-refractivity contribution is 0.0761. The molecular weight excluding hydrogens is 336 g/mol. The standard InChI is InChI=1S/C22H26N4O/c27-22(26-13-5-1-2-6-14-26)18-9-10-21(25-16-18)23-12-11-17-15-24-20-8-4-3-7-19(17)20/h3-4,7-10,15-16,24H,1-2,5-6,11-14H2,(H,23,25). The smallest absolute Gasteiger partial charge is 0.255 e. The van der Waals surface area contributed by atoms with Crippen LogP contribution >= 0.6 is 0 Å². The number of aromatic nitrogens is 2. The maximum absolute atomic E-state index is 12.6. The van der Waals surface area contributed by atoms with Crippen LogP contribution in [-0.4, -0.2) is 40.4 Å². The Kier molecular flexibility index (Phi) is 5.37. The van der Waals surface area contributed by atoms with E-state index in [1.54, 1.807) is 6.20 Å². The molecule has 1 aliphatic heterocycles. The van der Waals surface area contributed by atoms with Crippen LogP contribution in [0.25, 0.3) is 10.9 Å². The van der Waals surface area contributed by atoms with Gasteiger partial charge in [-0.15, -0.1) is 0 Å². The van der Waals surface area contributed by atoms with Crippen molar-refractivity contribution in [3.8, 4) is 0 Å². The van der Waals surface area contributed by atoms with E-state index in [0.29, 0.717) is 5.56 Å². The Hall–Kier alpha value is -2.82. The third-order valence-electron chi connectivity index (χ3n) is 5.28. The second-order valence-electron chi connectivity index (χ2n) is 7.17. The molecule has 0 aliphatic carbocycles. The first kappa shape index (κ1) is 17.6. The Morgan fingerprint density at radius 2 is 1.89 bits per heavy atom. The van der Waals surface area contributed by atoms with Gasteiger partial charge >= 0.3 is 0 Å². The average Bonchev–Trinajstić information content (AvgIpc) is 2.93. The van der Waals surface area contributed by atoms with Gasteiger partial charge in [-0.05, 0) is 43.0 Å². The van der Waals surface area contributed by atoms with Crippen LogP contribution in [0.2, 0.25) is 0 Å². The zero-order valence-corrected chi connectivity index (χ0v) is 15.6. The van der Waals surface area contributed by atoms with E-state index in [9.17, 15) is 4.79 Å². The van der Waals surface area contributed by atoms with E-state index in [4.69, 9.17) is 0 Å². The van der Waals surface area contributed by atoms with Crippen molar-refractivity contribution in [1.29, 1.82) is 0 Å². The molecule has 5 heteroatoms. The van der Waals surface area contributed by atoms with Crippen molar-refractivity contribution in [2.45, 2.75) is 32.1 Å². The number of pyridine rings is 1. The first-order valence-electron chi connectivity index (χ1n) is 9.85. The molecule has 0 bridgehead atoms. The van der Waals surface area contributed by atoms with Crippen LogP contribution in [0.5, 0.6) is 0 Å². The maximum atomic E-state index is 12.6. The number of amides is 1. The van der Waals surface area contributed by atoms with Crippen molar-refractivity contribution < 1.29 is 4.79 Å². The van der Waals surface area contributed by atoms with Crippen LogP contribution in [0.4, 0.5) is 5.82 Å². The summed E-state index contributed by atoms with van der Waals surface area (Å²) in [5, 5.41) is 4.62. The highest BCUT2D eigenvalue weighted by Gasteiger charge is 2.17. The summed E-state index contributed by atoms with van der Waals surface area (Å²) >= 11 is 0. The van der Waals surface area contributed by atoms with Gasteiger partial charge in [-0.2, -0.15) is 0 Å². The zero-order valence-electron chi connectivity index (χ0n) is 15.6. The highest BCUT2D eigenvalue weighted by Crippen LogP contribution is 2.18. The fraction of sp³-hybridized carbons (Fsp3) is 0.364. The van der Waals surface area contributed by atoms with Crippen LogP contribution in [-0.2, 0) is 6.42 Å². The number of H-pyrrole nitrogens is 1. The molecular formula is C22H26N4O. The number of fused-ring (bicyclic) bond motifs is 1. The highest BCUT2D eigenvalue weighted by molar-refractivity contribution is 5.94. The summed E-state index contributed by atoms with van der Waals surface area (Å²) in [5.41, 5.74) is 3.15. The number of likely N-dealkylation sites (tertiary alicyclic amines) is 1. The van der Waals surface area contributed by atoms with Gasteiger partial charge in [-0.1, -0.05) is 31.0 Å². The second-order valence-corrected chi connectivity index (χ2v) is 7.17. The molecule has 1 amide bonds. The fourth-order valence-corrected chi connectivity index (χ4v) is 3.74. The Labute approximate surface area is 159 Å².